The summed E-state index contributed by atoms with van der Waals surface area (Å²) < 4.78 is 11.7. The molecular weight excluding hydrogens is 318 g/mol. The van der Waals surface area contributed by atoms with Crippen LogP contribution in [0.2, 0.25) is 0 Å². The number of rotatable bonds is 5. The van der Waals surface area contributed by atoms with Crippen LogP contribution < -0.4 is 14.8 Å². The first-order valence-electron chi connectivity index (χ1n) is 6.34. The summed E-state index contributed by atoms with van der Waals surface area (Å²) in [5.41, 5.74) is 2.32. The molecule has 2 aromatic carbocycles. The van der Waals surface area contributed by atoms with Crippen molar-refractivity contribution in [2.45, 2.75) is 6.04 Å². The second-order valence-corrected chi connectivity index (χ2v) is 5.31. The van der Waals surface area contributed by atoms with E-state index in [1.165, 1.54) is 5.56 Å². The maximum absolute atomic E-state index is 5.37. The predicted octanol–water partition coefficient (Wildman–Crippen LogP) is 3.78. The molecule has 0 fully saturated rings. The molecule has 0 radical (unpaired) electrons. The predicted molar refractivity (Wildman–Crippen MR) is 84.6 cm³/mol. The van der Waals surface area contributed by atoms with Gasteiger partial charge in [-0.3, -0.25) is 0 Å². The maximum atomic E-state index is 5.37. The molecule has 0 saturated heterocycles. The molecule has 0 aromatic heterocycles. The number of ether oxygens (including phenoxy) is 2. The van der Waals surface area contributed by atoms with E-state index in [-0.39, 0.29) is 6.04 Å². The molecule has 1 unspecified atom stereocenters. The molecule has 0 aliphatic rings. The van der Waals surface area contributed by atoms with Crippen LogP contribution in [0.3, 0.4) is 0 Å². The zero-order valence-electron chi connectivity index (χ0n) is 11.8. The van der Waals surface area contributed by atoms with Crippen molar-refractivity contribution < 1.29 is 9.47 Å². The maximum Gasteiger partial charge on any atom is 0.161 e. The minimum absolute atomic E-state index is 0.104. The molecule has 0 aliphatic heterocycles. The summed E-state index contributed by atoms with van der Waals surface area (Å²) in [5, 5.41) is 3.33. The van der Waals surface area contributed by atoms with E-state index >= 15 is 0 Å². The fourth-order valence-corrected chi connectivity index (χ4v) is 2.66. The zero-order valence-corrected chi connectivity index (χ0v) is 13.4. The second kappa shape index (κ2) is 6.77. The Labute approximate surface area is 128 Å². The van der Waals surface area contributed by atoms with Gasteiger partial charge in [-0.1, -0.05) is 34.1 Å². The van der Waals surface area contributed by atoms with Crippen molar-refractivity contribution >= 4 is 15.9 Å². The monoisotopic (exact) mass is 335 g/mol. The highest BCUT2D eigenvalue weighted by molar-refractivity contribution is 9.10. The largest absolute Gasteiger partial charge is 0.493 e. The van der Waals surface area contributed by atoms with Crippen LogP contribution >= 0.6 is 15.9 Å². The molecule has 0 bridgehead atoms. The molecule has 20 heavy (non-hydrogen) atoms. The van der Waals surface area contributed by atoms with E-state index in [4.69, 9.17) is 9.47 Å². The van der Waals surface area contributed by atoms with Gasteiger partial charge < -0.3 is 14.8 Å². The van der Waals surface area contributed by atoms with Gasteiger partial charge in [-0.05, 0) is 42.4 Å². The molecule has 1 N–H and O–H groups in total. The SMILES string of the molecule is CNC(c1cccc(Br)c1)c1ccc(OC)c(OC)c1. The fourth-order valence-electron chi connectivity index (χ4n) is 2.24. The first kappa shape index (κ1) is 14.9. The highest BCUT2D eigenvalue weighted by atomic mass is 79.9. The Kier molecular flexibility index (Phi) is 5.04. The standard InChI is InChI=1S/C16H18BrNO2/c1-18-16(11-5-4-6-13(17)9-11)12-7-8-14(19-2)15(10-12)20-3/h4-10,16,18H,1-3H3. The van der Waals surface area contributed by atoms with Crippen LogP contribution in [0.25, 0.3) is 0 Å². The molecule has 1 atom stereocenters. The van der Waals surface area contributed by atoms with E-state index in [0.717, 1.165) is 21.5 Å². The van der Waals surface area contributed by atoms with Crippen molar-refractivity contribution in [1.29, 1.82) is 0 Å². The van der Waals surface area contributed by atoms with Crippen LogP contribution in [0.4, 0.5) is 0 Å². The van der Waals surface area contributed by atoms with Crippen LogP contribution in [0, 0.1) is 0 Å². The lowest BCUT2D eigenvalue weighted by molar-refractivity contribution is 0.354. The topological polar surface area (TPSA) is 30.5 Å². The zero-order chi connectivity index (χ0) is 14.5. The van der Waals surface area contributed by atoms with E-state index in [1.54, 1.807) is 14.2 Å². The minimum atomic E-state index is 0.104. The summed E-state index contributed by atoms with van der Waals surface area (Å²) in [5.74, 6) is 1.47. The van der Waals surface area contributed by atoms with Gasteiger partial charge in [-0.25, -0.2) is 0 Å². The minimum Gasteiger partial charge on any atom is -0.493 e. The summed E-state index contributed by atoms with van der Waals surface area (Å²) >= 11 is 3.51. The first-order valence-corrected chi connectivity index (χ1v) is 7.13. The van der Waals surface area contributed by atoms with Gasteiger partial charge in [0.2, 0.25) is 0 Å². The lowest BCUT2D eigenvalue weighted by atomic mass is 9.98. The van der Waals surface area contributed by atoms with Gasteiger partial charge in [0.25, 0.3) is 0 Å². The number of halogens is 1. The second-order valence-electron chi connectivity index (χ2n) is 4.39. The number of hydrogen-bond donors (Lipinski definition) is 1. The van der Waals surface area contributed by atoms with E-state index in [9.17, 15) is 0 Å². The van der Waals surface area contributed by atoms with Crippen molar-refractivity contribution in [1.82, 2.24) is 5.32 Å². The Hall–Kier alpha value is -1.52. The van der Waals surface area contributed by atoms with Gasteiger partial charge in [0.05, 0.1) is 20.3 Å². The molecule has 106 valence electrons. The van der Waals surface area contributed by atoms with Crippen molar-refractivity contribution in [2.75, 3.05) is 21.3 Å². The molecule has 2 rings (SSSR count). The number of hydrogen-bond acceptors (Lipinski definition) is 3. The Morgan fingerprint density at radius 3 is 2.25 bits per heavy atom. The first-order chi connectivity index (χ1) is 9.69. The van der Waals surface area contributed by atoms with Gasteiger partial charge >= 0.3 is 0 Å². The van der Waals surface area contributed by atoms with Crippen molar-refractivity contribution in [3.05, 3.63) is 58.1 Å². The average molecular weight is 336 g/mol. The van der Waals surface area contributed by atoms with Gasteiger partial charge in [0, 0.05) is 4.47 Å². The lowest BCUT2D eigenvalue weighted by Crippen LogP contribution is -2.17. The summed E-state index contributed by atoms with van der Waals surface area (Å²) in [7, 11) is 5.23. The van der Waals surface area contributed by atoms with Crippen molar-refractivity contribution in [3.8, 4) is 11.5 Å². The molecule has 3 nitrogen and oxygen atoms in total. The molecule has 0 saturated carbocycles. The van der Waals surface area contributed by atoms with E-state index < -0.39 is 0 Å². The molecule has 0 amide bonds. The van der Waals surface area contributed by atoms with E-state index in [1.807, 2.05) is 37.4 Å². The summed E-state index contributed by atoms with van der Waals surface area (Å²) in [6, 6.07) is 14.3. The van der Waals surface area contributed by atoms with Gasteiger partial charge in [0.1, 0.15) is 0 Å². The molecule has 2 aromatic rings. The lowest BCUT2D eigenvalue weighted by Gasteiger charge is -2.19. The molecule has 0 spiro atoms. The van der Waals surface area contributed by atoms with Crippen LogP contribution in [-0.2, 0) is 0 Å². The van der Waals surface area contributed by atoms with Gasteiger partial charge in [-0.2, -0.15) is 0 Å². The van der Waals surface area contributed by atoms with Crippen LogP contribution in [0.1, 0.15) is 17.2 Å². The third-order valence-corrected chi connectivity index (χ3v) is 3.70. The number of nitrogens with one attached hydrogen (secondary N) is 1. The van der Waals surface area contributed by atoms with E-state index in [2.05, 4.69) is 33.4 Å². The van der Waals surface area contributed by atoms with E-state index in [0.29, 0.717) is 0 Å². The van der Waals surface area contributed by atoms with Crippen LogP contribution in [0.5, 0.6) is 11.5 Å². The Morgan fingerprint density at radius 2 is 1.65 bits per heavy atom. The fraction of sp³-hybridized carbons (Fsp3) is 0.250. The molecule has 0 heterocycles. The Balaban J connectivity index is 2.41. The molecule has 4 heteroatoms. The van der Waals surface area contributed by atoms with Gasteiger partial charge in [-0.15, -0.1) is 0 Å². The van der Waals surface area contributed by atoms with Gasteiger partial charge in [0.15, 0.2) is 11.5 Å². The van der Waals surface area contributed by atoms with Crippen LogP contribution in [-0.4, -0.2) is 21.3 Å². The van der Waals surface area contributed by atoms with Crippen molar-refractivity contribution in [2.24, 2.45) is 0 Å². The quantitative estimate of drug-likeness (QED) is 0.902. The summed E-state index contributed by atoms with van der Waals surface area (Å²) in [6.07, 6.45) is 0. The average Bonchev–Trinajstić information content (AvgIpc) is 2.48. The summed E-state index contributed by atoms with van der Waals surface area (Å²) in [6.45, 7) is 0. The Morgan fingerprint density at radius 1 is 0.950 bits per heavy atom. The third-order valence-electron chi connectivity index (χ3n) is 3.21. The molecular formula is C16H18BrNO2. The Bertz CT molecular complexity index is 586. The number of methoxy groups -OCH3 is 2. The number of benzene rings is 2. The third kappa shape index (κ3) is 3.14. The van der Waals surface area contributed by atoms with Crippen molar-refractivity contribution in [3.63, 3.8) is 0 Å². The van der Waals surface area contributed by atoms with Crippen LogP contribution in [0.15, 0.2) is 46.9 Å². The highest BCUT2D eigenvalue weighted by Gasteiger charge is 2.14. The normalized spacial score (nSPS) is 12.0. The highest BCUT2D eigenvalue weighted by Crippen LogP contribution is 2.32. The molecule has 0 aliphatic carbocycles. The summed E-state index contributed by atoms with van der Waals surface area (Å²) in [4.78, 5) is 0. The smallest absolute Gasteiger partial charge is 0.161 e.